The first-order valence-corrected chi connectivity index (χ1v) is 9.31. The summed E-state index contributed by atoms with van der Waals surface area (Å²) in [5, 5.41) is 13.3. The molecule has 0 aromatic rings. The van der Waals surface area contributed by atoms with Crippen molar-refractivity contribution in [1.82, 2.24) is 5.32 Å². The summed E-state index contributed by atoms with van der Waals surface area (Å²) in [5.41, 5.74) is -0.658. The number of hydrogen-bond acceptors (Lipinski definition) is 3. The molecule has 0 aromatic carbocycles. The van der Waals surface area contributed by atoms with Crippen LogP contribution in [-0.4, -0.2) is 34.7 Å². The number of carbonyl (C=O) groups excluding carboxylic acids is 1. The van der Waals surface area contributed by atoms with Gasteiger partial charge in [-0.05, 0) is 36.2 Å². The Hall–Kier alpha value is -0.220. The van der Waals surface area contributed by atoms with Crippen molar-refractivity contribution < 1.29 is 9.90 Å². The molecular formula is C16H29NO2S. The molecule has 1 atom stereocenters. The second-order valence-electron chi connectivity index (χ2n) is 6.69. The van der Waals surface area contributed by atoms with Crippen LogP contribution in [0.15, 0.2) is 0 Å². The van der Waals surface area contributed by atoms with E-state index < -0.39 is 5.60 Å². The van der Waals surface area contributed by atoms with Gasteiger partial charge >= 0.3 is 0 Å². The Morgan fingerprint density at radius 3 is 2.60 bits per heavy atom. The first kappa shape index (κ1) is 16.2. The summed E-state index contributed by atoms with van der Waals surface area (Å²) in [6.07, 6.45) is 8.81. The first-order chi connectivity index (χ1) is 9.59. The van der Waals surface area contributed by atoms with Crippen molar-refractivity contribution in [1.29, 1.82) is 0 Å². The molecule has 1 saturated carbocycles. The number of rotatable bonds is 5. The van der Waals surface area contributed by atoms with Crippen molar-refractivity contribution in [3.63, 3.8) is 0 Å². The normalized spacial score (nSPS) is 25.1. The third-order valence-electron chi connectivity index (χ3n) is 5.00. The zero-order valence-electron chi connectivity index (χ0n) is 12.7. The summed E-state index contributed by atoms with van der Waals surface area (Å²) in [4.78, 5) is 12.1. The molecule has 1 aliphatic carbocycles. The predicted octanol–water partition coefficient (Wildman–Crippen LogP) is 2.97. The fraction of sp³-hybridized carbons (Fsp3) is 0.938. The molecule has 20 heavy (non-hydrogen) atoms. The zero-order chi connectivity index (χ0) is 14.4. The lowest BCUT2D eigenvalue weighted by atomic mass is 9.79. The fourth-order valence-corrected chi connectivity index (χ4v) is 4.68. The molecule has 1 unspecified atom stereocenters. The van der Waals surface area contributed by atoms with Gasteiger partial charge in [0, 0.05) is 13.0 Å². The number of hydrogen-bond donors (Lipinski definition) is 2. The van der Waals surface area contributed by atoms with Gasteiger partial charge in [-0.2, -0.15) is 11.8 Å². The predicted molar refractivity (Wildman–Crippen MR) is 84.9 cm³/mol. The number of carbonyl (C=O) groups is 1. The van der Waals surface area contributed by atoms with Crippen LogP contribution in [0.5, 0.6) is 0 Å². The molecule has 4 heteroatoms. The van der Waals surface area contributed by atoms with Crippen LogP contribution in [0.3, 0.4) is 0 Å². The topological polar surface area (TPSA) is 49.3 Å². The van der Waals surface area contributed by atoms with Crippen molar-refractivity contribution in [2.45, 2.75) is 63.9 Å². The number of thioether (sulfide) groups is 1. The van der Waals surface area contributed by atoms with E-state index in [4.69, 9.17) is 0 Å². The minimum absolute atomic E-state index is 0.120. The maximum Gasteiger partial charge on any atom is 0.220 e. The Morgan fingerprint density at radius 1 is 1.30 bits per heavy atom. The molecule has 1 saturated heterocycles. The van der Waals surface area contributed by atoms with E-state index in [-0.39, 0.29) is 5.91 Å². The number of aliphatic hydroxyl groups is 1. The number of nitrogens with one attached hydrogen (secondary N) is 1. The van der Waals surface area contributed by atoms with Crippen LogP contribution in [0, 0.1) is 11.8 Å². The van der Waals surface area contributed by atoms with Gasteiger partial charge in [0.1, 0.15) is 0 Å². The molecule has 2 aliphatic rings. The molecule has 2 rings (SSSR count). The van der Waals surface area contributed by atoms with Gasteiger partial charge < -0.3 is 10.4 Å². The van der Waals surface area contributed by atoms with Crippen LogP contribution in [0.2, 0.25) is 0 Å². The van der Waals surface area contributed by atoms with Crippen LogP contribution in [-0.2, 0) is 4.79 Å². The minimum atomic E-state index is -0.658. The van der Waals surface area contributed by atoms with Crippen molar-refractivity contribution in [3.8, 4) is 0 Å². The molecule has 0 radical (unpaired) electrons. The standard InChI is InChI=1S/C16H29NO2S/c1-13(14-5-3-2-4-6-14)11-15(18)17-12-16(19)7-9-20-10-8-16/h13-14,19H,2-12H2,1H3,(H,17,18). The minimum Gasteiger partial charge on any atom is -0.388 e. The third-order valence-corrected chi connectivity index (χ3v) is 5.99. The second-order valence-corrected chi connectivity index (χ2v) is 7.92. The Kier molecular flexibility index (Phi) is 6.21. The molecule has 1 aliphatic heterocycles. The maximum atomic E-state index is 12.1. The molecule has 0 bridgehead atoms. The monoisotopic (exact) mass is 299 g/mol. The smallest absolute Gasteiger partial charge is 0.220 e. The van der Waals surface area contributed by atoms with E-state index in [1.54, 1.807) is 0 Å². The lowest BCUT2D eigenvalue weighted by Crippen LogP contribution is -2.45. The Morgan fingerprint density at radius 2 is 1.95 bits per heavy atom. The van der Waals surface area contributed by atoms with E-state index in [1.807, 2.05) is 11.8 Å². The van der Waals surface area contributed by atoms with Crippen molar-refractivity contribution in [2.75, 3.05) is 18.1 Å². The van der Waals surface area contributed by atoms with Crippen LogP contribution >= 0.6 is 11.8 Å². The first-order valence-electron chi connectivity index (χ1n) is 8.16. The highest BCUT2D eigenvalue weighted by molar-refractivity contribution is 7.99. The van der Waals surface area contributed by atoms with Crippen LogP contribution in [0.25, 0.3) is 0 Å². The van der Waals surface area contributed by atoms with E-state index in [1.165, 1.54) is 32.1 Å². The van der Waals surface area contributed by atoms with Crippen LogP contribution < -0.4 is 5.32 Å². The molecule has 1 heterocycles. The molecule has 2 fully saturated rings. The van der Waals surface area contributed by atoms with E-state index in [2.05, 4.69) is 12.2 Å². The zero-order valence-corrected chi connectivity index (χ0v) is 13.5. The van der Waals surface area contributed by atoms with E-state index in [9.17, 15) is 9.90 Å². The fourth-order valence-electron chi connectivity index (χ4n) is 3.43. The molecule has 2 N–H and O–H groups in total. The largest absolute Gasteiger partial charge is 0.388 e. The summed E-state index contributed by atoms with van der Waals surface area (Å²) < 4.78 is 0. The van der Waals surface area contributed by atoms with E-state index in [0.717, 1.165) is 30.3 Å². The average molecular weight is 299 g/mol. The highest BCUT2D eigenvalue weighted by Gasteiger charge is 2.30. The summed E-state index contributed by atoms with van der Waals surface area (Å²) in [6.45, 7) is 2.64. The van der Waals surface area contributed by atoms with Crippen molar-refractivity contribution >= 4 is 17.7 Å². The molecule has 3 nitrogen and oxygen atoms in total. The van der Waals surface area contributed by atoms with Crippen LogP contribution in [0.1, 0.15) is 58.3 Å². The SMILES string of the molecule is CC(CC(=O)NCC1(O)CCSCC1)C1CCCCC1. The van der Waals surface area contributed by atoms with Crippen molar-refractivity contribution in [3.05, 3.63) is 0 Å². The summed E-state index contributed by atoms with van der Waals surface area (Å²) in [5.74, 6) is 3.33. The summed E-state index contributed by atoms with van der Waals surface area (Å²) in [6, 6.07) is 0. The van der Waals surface area contributed by atoms with E-state index in [0.29, 0.717) is 18.9 Å². The Balaban J connectivity index is 1.69. The van der Waals surface area contributed by atoms with Crippen molar-refractivity contribution in [2.24, 2.45) is 11.8 Å². The van der Waals surface area contributed by atoms with Gasteiger partial charge in [0.15, 0.2) is 0 Å². The summed E-state index contributed by atoms with van der Waals surface area (Å²) >= 11 is 1.89. The average Bonchev–Trinajstić information content (AvgIpc) is 2.47. The van der Waals surface area contributed by atoms with Gasteiger partial charge in [0.05, 0.1) is 5.60 Å². The van der Waals surface area contributed by atoms with Crippen LogP contribution in [0.4, 0.5) is 0 Å². The van der Waals surface area contributed by atoms with Gasteiger partial charge in [-0.3, -0.25) is 4.79 Å². The Bertz CT molecular complexity index is 310. The highest BCUT2D eigenvalue weighted by atomic mass is 32.2. The number of amides is 1. The Labute approximate surface area is 127 Å². The van der Waals surface area contributed by atoms with Gasteiger partial charge in [0.25, 0.3) is 0 Å². The van der Waals surface area contributed by atoms with Gasteiger partial charge in [-0.25, -0.2) is 0 Å². The molecule has 0 spiro atoms. The summed E-state index contributed by atoms with van der Waals surface area (Å²) in [7, 11) is 0. The van der Waals surface area contributed by atoms with Gasteiger partial charge in [0.2, 0.25) is 5.91 Å². The maximum absolute atomic E-state index is 12.1. The molecule has 116 valence electrons. The lowest BCUT2D eigenvalue weighted by Gasteiger charge is -2.32. The van der Waals surface area contributed by atoms with Gasteiger partial charge in [-0.15, -0.1) is 0 Å². The van der Waals surface area contributed by atoms with E-state index >= 15 is 0 Å². The lowest BCUT2D eigenvalue weighted by molar-refractivity contribution is -0.123. The second kappa shape index (κ2) is 7.69. The van der Waals surface area contributed by atoms with Gasteiger partial charge in [-0.1, -0.05) is 39.0 Å². The third kappa shape index (κ3) is 4.96. The quantitative estimate of drug-likeness (QED) is 0.820. The molecule has 1 amide bonds. The molecular weight excluding hydrogens is 270 g/mol. The molecule has 0 aromatic heterocycles. The highest BCUT2D eigenvalue weighted by Crippen LogP contribution is 2.31.